The average Bonchev–Trinajstić information content (AvgIpc) is 1.96. The lowest BCUT2D eigenvalue weighted by Crippen LogP contribution is -2.41. The molecule has 0 radical (unpaired) electrons. The quantitative estimate of drug-likeness (QED) is 0.483. The van der Waals surface area contributed by atoms with Crippen molar-refractivity contribution < 1.29 is 19.7 Å². The average molecular weight is 173 g/mol. The number of hydrogen-bond acceptors (Lipinski definition) is 4. The normalized spacial score (nSPS) is 28.7. The summed E-state index contributed by atoms with van der Waals surface area (Å²) in [6.45, 7) is 2.10. The molecule has 2 atom stereocenters. The summed E-state index contributed by atoms with van der Waals surface area (Å²) in [4.78, 5) is 10.1. The fraction of sp³-hybridized carbons (Fsp3) is 0.571. The molecule has 1 rings (SSSR count). The first-order valence-electron chi connectivity index (χ1n) is 3.59. The summed E-state index contributed by atoms with van der Waals surface area (Å²) < 4.78 is 4.42. The van der Waals surface area contributed by atoms with Gasteiger partial charge in [-0.05, 0) is 13.0 Å². The van der Waals surface area contributed by atoms with E-state index in [2.05, 4.69) is 10.1 Å². The molecule has 5 nitrogen and oxygen atoms in total. The molecule has 0 spiro atoms. The van der Waals surface area contributed by atoms with Crippen molar-refractivity contribution in [3.05, 3.63) is 11.8 Å². The van der Waals surface area contributed by atoms with Gasteiger partial charge in [-0.3, -0.25) is 0 Å². The Balaban J connectivity index is 2.60. The smallest absolute Gasteiger partial charge is 0.450 e. The number of hydrogen-bond donors (Lipinski definition) is 3. The maximum atomic E-state index is 10.1. The van der Waals surface area contributed by atoms with E-state index in [0.29, 0.717) is 6.54 Å². The minimum Gasteiger partial charge on any atom is -0.450 e. The van der Waals surface area contributed by atoms with Crippen LogP contribution in [-0.2, 0) is 4.74 Å². The van der Waals surface area contributed by atoms with Gasteiger partial charge in [0, 0.05) is 12.2 Å². The van der Waals surface area contributed by atoms with Gasteiger partial charge in [-0.1, -0.05) is 0 Å². The van der Waals surface area contributed by atoms with E-state index < -0.39 is 18.4 Å². The fourth-order valence-corrected chi connectivity index (χ4v) is 1.03. The van der Waals surface area contributed by atoms with Crippen LogP contribution in [-0.4, -0.2) is 35.1 Å². The van der Waals surface area contributed by atoms with Gasteiger partial charge in [-0.2, -0.15) is 0 Å². The topological polar surface area (TPSA) is 78.8 Å². The predicted octanol–water partition coefficient (Wildman–Crippen LogP) is -0.0825. The van der Waals surface area contributed by atoms with Gasteiger partial charge in [0.1, 0.15) is 6.10 Å². The Morgan fingerprint density at radius 1 is 1.83 bits per heavy atom. The minimum atomic E-state index is -1.37. The molecule has 12 heavy (non-hydrogen) atoms. The second kappa shape index (κ2) is 3.44. The molecule has 5 heteroatoms. The molecule has 0 bridgehead atoms. The molecule has 0 saturated heterocycles. The van der Waals surface area contributed by atoms with E-state index in [-0.39, 0.29) is 0 Å². The maximum absolute atomic E-state index is 10.1. The number of rotatable bonds is 1. The van der Waals surface area contributed by atoms with Crippen LogP contribution in [0.3, 0.4) is 0 Å². The van der Waals surface area contributed by atoms with Gasteiger partial charge in [0.25, 0.3) is 0 Å². The third-order valence-electron chi connectivity index (χ3n) is 1.62. The van der Waals surface area contributed by atoms with Crippen molar-refractivity contribution >= 4 is 6.16 Å². The second-order valence-electron chi connectivity index (χ2n) is 2.65. The summed E-state index contributed by atoms with van der Waals surface area (Å²) in [6, 6.07) is 0. The number of carboxylic acid groups (broad SMARTS) is 1. The first-order chi connectivity index (χ1) is 5.59. The molecule has 0 aromatic rings. The van der Waals surface area contributed by atoms with Crippen molar-refractivity contribution in [3.8, 4) is 0 Å². The third-order valence-corrected chi connectivity index (χ3v) is 1.62. The van der Waals surface area contributed by atoms with Crippen LogP contribution in [0.4, 0.5) is 4.79 Å². The van der Waals surface area contributed by atoms with E-state index in [9.17, 15) is 9.90 Å². The molecule has 0 aliphatic carbocycles. The molecule has 0 aromatic heterocycles. The molecule has 1 aliphatic heterocycles. The third kappa shape index (κ3) is 2.13. The van der Waals surface area contributed by atoms with E-state index in [1.807, 2.05) is 0 Å². The molecular formula is C7H11NO4. The van der Waals surface area contributed by atoms with Crippen LogP contribution >= 0.6 is 0 Å². The monoisotopic (exact) mass is 173 g/mol. The molecule has 0 amide bonds. The summed E-state index contributed by atoms with van der Waals surface area (Å²) in [7, 11) is 0. The van der Waals surface area contributed by atoms with Gasteiger partial charge in [0.2, 0.25) is 0 Å². The van der Waals surface area contributed by atoms with Crippen LogP contribution in [0.15, 0.2) is 11.8 Å². The summed E-state index contributed by atoms with van der Waals surface area (Å²) in [5.74, 6) is 0. The molecule has 1 heterocycles. The van der Waals surface area contributed by atoms with Crippen molar-refractivity contribution in [2.45, 2.75) is 19.1 Å². The van der Waals surface area contributed by atoms with Crippen molar-refractivity contribution in [3.63, 3.8) is 0 Å². The van der Waals surface area contributed by atoms with Crippen molar-refractivity contribution in [2.75, 3.05) is 6.54 Å². The Hall–Kier alpha value is -1.23. The largest absolute Gasteiger partial charge is 0.506 e. The highest BCUT2D eigenvalue weighted by Gasteiger charge is 2.24. The van der Waals surface area contributed by atoms with Crippen molar-refractivity contribution in [1.82, 2.24) is 5.32 Å². The minimum absolute atomic E-state index is 0.320. The second-order valence-corrected chi connectivity index (χ2v) is 2.65. The van der Waals surface area contributed by atoms with Crippen LogP contribution in [0.1, 0.15) is 6.92 Å². The van der Waals surface area contributed by atoms with Crippen LogP contribution in [0.2, 0.25) is 0 Å². The Morgan fingerprint density at radius 3 is 3.08 bits per heavy atom. The van der Waals surface area contributed by atoms with E-state index in [0.717, 1.165) is 5.70 Å². The van der Waals surface area contributed by atoms with Gasteiger partial charge in [0.15, 0.2) is 6.10 Å². The highest BCUT2D eigenvalue weighted by Crippen LogP contribution is 2.09. The van der Waals surface area contributed by atoms with Crippen LogP contribution < -0.4 is 5.32 Å². The van der Waals surface area contributed by atoms with Gasteiger partial charge in [-0.25, -0.2) is 4.79 Å². The zero-order valence-electron chi connectivity index (χ0n) is 6.65. The maximum Gasteiger partial charge on any atom is 0.506 e. The summed E-state index contributed by atoms with van der Waals surface area (Å²) in [6.07, 6.45) is -1.37. The zero-order chi connectivity index (χ0) is 9.14. The zero-order valence-corrected chi connectivity index (χ0v) is 6.65. The lowest BCUT2D eigenvalue weighted by Gasteiger charge is -2.25. The Morgan fingerprint density at radius 2 is 2.50 bits per heavy atom. The Bertz CT molecular complexity index is 213. The highest BCUT2D eigenvalue weighted by atomic mass is 16.7. The number of allylic oxidation sites excluding steroid dienone is 1. The molecule has 0 saturated carbocycles. The van der Waals surface area contributed by atoms with Crippen LogP contribution in [0.5, 0.6) is 0 Å². The molecule has 0 fully saturated rings. The first kappa shape index (κ1) is 8.86. The van der Waals surface area contributed by atoms with Crippen molar-refractivity contribution in [1.29, 1.82) is 0 Å². The highest BCUT2D eigenvalue weighted by molar-refractivity contribution is 5.57. The van der Waals surface area contributed by atoms with E-state index in [1.54, 1.807) is 13.0 Å². The summed E-state index contributed by atoms with van der Waals surface area (Å²) >= 11 is 0. The van der Waals surface area contributed by atoms with Gasteiger partial charge in [0.05, 0.1) is 0 Å². The molecule has 68 valence electrons. The SMILES string of the molecule is CC1=CC(OC(=O)O)C(O)CN1. The van der Waals surface area contributed by atoms with Gasteiger partial charge < -0.3 is 20.3 Å². The predicted molar refractivity (Wildman–Crippen MR) is 40.7 cm³/mol. The van der Waals surface area contributed by atoms with Gasteiger partial charge >= 0.3 is 6.16 Å². The Labute approximate surface area is 69.6 Å². The number of aliphatic hydroxyl groups excluding tert-OH is 1. The molecule has 1 aliphatic rings. The number of carbonyl (C=O) groups is 1. The van der Waals surface area contributed by atoms with E-state index in [4.69, 9.17) is 5.11 Å². The number of ether oxygens (including phenoxy) is 1. The van der Waals surface area contributed by atoms with E-state index >= 15 is 0 Å². The number of aliphatic hydroxyl groups is 1. The lowest BCUT2D eigenvalue weighted by molar-refractivity contribution is 0.00108. The van der Waals surface area contributed by atoms with Crippen LogP contribution in [0.25, 0.3) is 0 Å². The number of nitrogens with one attached hydrogen (secondary N) is 1. The first-order valence-corrected chi connectivity index (χ1v) is 3.59. The van der Waals surface area contributed by atoms with Crippen molar-refractivity contribution in [2.24, 2.45) is 0 Å². The number of β-amino-alcohol motifs (C(OH)–C–C–N with tert-alkyl or cyclic N) is 1. The van der Waals surface area contributed by atoms with Gasteiger partial charge in [-0.15, -0.1) is 0 Å². The van der Waals surface area contributed by atoms with E-state index in [1.165, 1.54) is 0 Å². The molecule has 0 aromatic carbocycles. The Kier molecular flexibility index (Phi) is 2.54. The standard InChI is InChI=1S/C7H11NO4/c1-4-2-6(12-7(10)11)5(9)3-8-4/h2,5-6,8-9H,3H2,1H3,(H,10,11). The summed E-state index contributed by atoms with van der Waals surface area (Å²) in [5.41, 5.74) is 0.812. The molecule has 2 unspecified atom stereocenters. The fourth-order valence-electron chi connectivity index (χ4n) is 1.03. The molecular weight excluding hydrogens is 162 g/mol. The molecule has 3 N–H and O–H groups in total. The summed E-state index contributed by atoms with van der Waals surface area (Å²) in [5, 5.41) is 20.4. The lowest BCUT2D eigenvalue weighted by atomic mass is 10.1. The van der Waals surface area contributed by atoms with Crippen LogP contribution in [0, 0.1) is 0 Å².